The third-order valence-corrected chi connectivity index (χ3v) is 4.08. The van der Waals surface area contributed by atoms with Gasteiger partial charge in [0.2, 0.25) is 5.91 Å². The summed E-state index contributed by atoms with van der Waals surface area (Å²) >= 11 is 0. The minimum absolute atomic E-state index is 0.196. The summed E-state index contributed by atoms with van der Waals surface area (Å²) in [4.78, 5) is 36.9. The molecule has 0 heterocycles. The quantitative estimate of drug-likeness (QED) is 0.410. The average molecular weight is 361 g/mol. The highest BCUT2D eigenvalue weighted by Gasteiger charge is 2.19. The number of nitrogens with one attached hydrogen (secondary N) is 1. The number of benzene rings is 3. The lowest BCUT2D eigenvalue weighted by Crippen LogP contribution is -2.20. The van der Waals surface area contributed by atoms with Gasteiger partial charge in [-0.05, 0) is 23.8 Å². The number of fused-ring (bicyclic) bond motifs is 1. The smallest absolute Gasteiger partial charge is 0.315 e. The van der Waals surface area contributed by atoms with E-state index in [1.807, 2.05) is 36.4 Å². The van der Waals surface area contributed by atoms with Gasteiger partial charge in [-0.3, -0.25) is 14.4 Å². The second-order valence-electron chi connectivity index (χ2n) is 5.93. The Bertz CT molecular complexity index is 996. The van der Waals surface area contributed by atoms with E-state index >= 15 is 0 Å². The van der Waals surface area contributed by atoms with Crippen LogP contribution in [0.15, 0.2) is 66.7 Å². The van der Waals surface area contributed by atoms with Crippen LogP contribution >= 0.6 is 0 Å². The molecule has 3 rings (SSSR count). The fourth-order valence-corrected chi connectivity index (χ4v) is 2.89. The van der Waals surface area contributed by atoms with Crippen LogP contribution < -0.4 is 5.32 Å². The number of hydrogen-bond acceptors (Lipinski definition) is 4. The summed E-state index contributed by atoms with van der Waals surface area (Å²) in [7, 11) is 0. The van der Waals surface area contributed by atoms with Gasteiger partial charge in [-0.15, -0.1) is 0 Å². The zero-order valence-corrected chi connectivity index (χ0v) is 14.9. The number of esters is 1. The third kappa shape index (κ3) is 4.20. The molecular formula is C22H19NO4. The average Bonchev–Trinajstić information content (AvgIpc) is 2.68. The standard InChI is InChI=1S/C22H19NO4/c1-2-27-20(25)14-19(24)23-18-13-12-15-8-6-7-11-17(15)21(18)22(26)16-9-4-3-5-10-16/h3-13H,2,14H2,1H3,(H,23,24). The van der Waals surface area contributed by atoms with E-state index in [9.17, 15) is 14.4 Å². The van der Waals surface area contributed by atoms with Crippen LogP contribution in [-0.4, -0.2) is 24.3 Å². The number of carbonyl (C=O) groups excluding carboxylic acids is 3. The van der Waals surface area contributed by atoms with Gasteiger partial charge in [0.05, 0.1) is 17.9 Å². The molecule has 0 bridgehead atoms. The summed E-state index contributed by atoms with van der Waals surface area (Å²) in [6, 6.07) is 19.9. The molecule has 0 aliphatic carbocycles. The van der Waals surface area contributed by atoms with Gasteiger partial charge in [-0.2, -0.15) is 0 Å². The van der Waals surface area contributed by atoms with Crippen molar-refractivity contribution in [3.63, 3.8) is 0 Å². The Morgan fingerprint density at radius 3 is 2.33 bits per heavy atom. The monoisotopic (exact) mass is 361 g/mol. The minimum atomic E-state index is -0.605. The van der Waals surface area contributed by atoms with E-state index in [-0.39, 0.29) is 12.4 Å². The first kappa shape index (κ1) is 18.3. The molecule has 1 amide bonds. The molecule has 0 radical (unpaired) electrons. The molecule has 0 unspecified atom stereocenters. The summed E-state index contributed by atoms with van der Waals surface area (Å²) in [6.45, 7) is 1.88. The molecule has 27 heavy (non-hydrogen) atoms. The molecule has 0 spiro atoms. The lowest BCUT2D eigenvalue weighted by atomic mass is 9.95. The second-order valence-corrected chi connectivity index (χ2v) is 5.93. The molecule has 0 aliphatic heterocycles. The Kier molecular flexibility index (Phi) is 5.61. The molecule has 3 aromatic carbocycles. The molecule has 3 aromatic rings. The summed E-state index contributed by atoms with van der Waals surface area (Å²) in [5, 5.41) is 4.31. The van der Waals surface area contributed by atoms with Crippen molar-refractivity contribution in [2.45, 2.75) is 13.3 Å². The second kappa shape index (κ2) is 8.27. The van der Waals surface area contributed by atoms with Gasteiger partial charge in [0.1, 0.15) is 6.42 Å². The third-order valence-electron chi connectivity index (χ3n) is 4.08. The van der Waals surface area contributed by atoms with Gasteiger partial charge < -0.3 is 10.1 Å². The Hall–Kier alpha value is -3.47. The van der Waals surface area contributed by atoms with Gasteiger partial charge in [-0.25, -0.2) is 0 Å². The maximum absolute atomic E-state index is 13.1. The van der Waals surface area contributed by atoms with Crippen LogP contribution in [0.2, 0.25) is 0 Å². The minimum Gasteiger partial charge on any atom is -0.466 e. The number of carbonyl (C=O) groups is 3. The summed E-state index contributed by atoms with van der Waals surface area (Å²) in [5.74, 6) is -1.32. The number of ketones is 1. The van der Waals surface area contributed by atoms with E-state index in [1.54, 1.807) is 37.3 Å². The van der Waals surface area contributed by atoms with E-state index in [0.717, 1.165) is 10.8 Å². The van der Waals surface area contributed by atoms with Gasteiger partial charge >= 0.3 is 5.97 Å². The van der Waals surface area contributed by atoms with E-state index in [0.29, 0.717) is 16.8 Å². The number of ether oxygens (including phenoxy) is 1. The number of amides is 1. The largest absolute Gasteiger partial charge is 0.466 e. The summed E-state index contributed by atoms with van der Waals surface area (Å²) in [5.41, 5.74) is 1.29. The SMILES string of the molecule is CCOC(=O)CC(=O)Nc1ccc2ccccc2c1C(=O)c1ccccc1. The molecule has 1 N–H and O–H groups in total. The molecule has 5 heteroatoms. The molecule has 0 saturated carbocycles. The van der Waals surface area contributed by atoms with Crippen molar-refractivity contribution < 1.29 is 19.1 Å². The van der Waals surface area contributed by atoms with Crippen molar-refractivity contribution in [1.82, 2.24) is 0 Å². The number of hydrogen-bond donors (Lipinski definition) is 1. The van der Waals surface area contributed by atoms with Gasteiger partial charge in [-0.1, -0.05) is 60.7 Å². The Labute approximate surface area is 157 Å². The van der Waals surface area contributed by atoms with Gasteiger partial charge in [0.25, 0.3) is 0 Å². The Balaban J connectivity index is 2.01. The predicted molar refractivity (Wildman–Crippen MR) is 104 cm³/mol. The normalized spacial score (nSPS) is 10.4. The van der Waals surface area contributed by atoms with E-state index in [2.05, 4.69) is 5.32 Å². The Morgan fingerprint density at radius 1 is 0.889 bits per heavy atom. The fraction of sp³-hybridized carbons (Fsp3) is 0.136. The molecule has 0 saturated heterocycles. The molecule has 0 fully saturated rings. The van der Waals surface area contributed by atoms with Crippen LogP contribution in [0, 0.1) is 0 Å². The molecular weight excluding hydrogens is 342 g/mol. The molecule has 136 valence electrons. The van der Waals surface area contributed by atoms with Gasteiger partial charge in [0.15, 0.2) is 5.78 Å². The topological polar surface area (TPSA) is 72.5 Å². The van der Waals surface area contributed by atoms with E-state index in [4.69, 9.17) is 4.74 Å². The summed E-state index contributed by atoms with van der Waals surface area (Å²) in [6.07, 6.45) is -0.403. The van der Waals surface area contributed by atoms with Crippen molar-refractivity contribution in [3.8, 4) is 0 Å². The van der Waals surface area contributed by atoms with Crippen LogP contribution in [0.4, 0.5) is 5.69 Å². The van der Waals surface area contributed by atoms with Crippen LogP contribution in [0.1, 0.15) is 29.3 Å². The zero-order valence-electron chi connectivity index (χ0n) is 14.9. The lowest BCUT2D eigenvalue weighted by Gasteiger charge is -2.13. The molecule has 0 aromatic heterocycles. The Morgan fingerprint density at radius 2 is 1.59 bits per heavy atom. The molecule has 0 aliphatic rings. The van der Waals surface area contributed by atoms with Crippen LogP contribution in [0.5, 0.6) is 0 Å². The first-order chi connectivity index (χ1) is 13.1. The number of rotatable bonds is 6. The molecule has 5 nitrogen and oxygen atoms in total. The predicted octanol–water partition coefficient (Wildman–Crippen LogP) is 3.96. The highest BCUT2D eigenvalue weighted by Crippen LogP contribution is 2.29. The van der Waals surface area contributed by atoms with Crippen molar-refractivity contribution in [2.75, 3.05) is 11.9 Å². The maximum atomic E-state index is 13.1. The van der Waals surface area contributed by atoms with E-state index < -0.39 is 18.3 Å². The van der Waals surface area contributed by atoms with Gasteiger partial charge in [0, 0.05) is 5.56 Å². The highest BCUT2D eigenvalue weighted by molar-refractivity contribution is 6.21. The summed E-state index contributed by atoms with van der Waals surface area (Å²) < 4.78 is 4.80. The fourth-order valence-electron chi connectivity index (χ4n) is 2.89. The van der Waals surface area contributed by atoms with Crippen LogP contribution in [0.25, 0.3) is 10.8 Å². The van der Waals surface area contributed by atoms with Crippen molar-refractivity contribution in [3.05, 3.63) is 77.9 Å². The first-order valence-electron chi connectivity index (χ1n) is 8.67. The maximum Gasteiger partial charge on any atom is 0.315 e. The first-order valence-corrected chi connectivity index (χ1v) is 8.67. The van der Waals surface area contributed by atoms with Crippen molar-refractivity contribution >= 4 is 34.1 Å². The zero-order chi connectivity index (χ0) is 19.2. The van der Waals surface area contributed by atoms with Crippen LogP contribution in [-0.2, 0) is 14.3 Å². The van der Waals surface area contributed by atoms with Crippen LogP contribution in [0.3, 0.4) is 0 Å². The van der Waals surface area contributed by atoms with E-state index in [1.165, 1.54) is 0 Å². The number of anilines is 1. The van der Waals surface area contributed by atoms with Crippen molar-refractivity contribution in [2.24, 2.45) is 0 Å². The van der Waals surface area contributed by atoms with Crippen molar-refractivity contribution in [1.29, 1.82) is 0 Å². The lowest BCUT2D eigenvalue weighted by molar-refractivity contribution is -0.145. The molecule has 0 atom stereocenters. The highest BCUT2D eigenvalue weighted by atomic mass is 16.5.